The van der Waals surface area contributed by atoms with Crippen molar-refractivity contribution in [3.63, 3.8) is 0 Å². The number of aldehydes is 1. The first kappa shape index (κ1) is 13.7. The standard InChI is InChI=1S/C11H14O5S/c1-9-7-10(8-12)3-4-11(9)16-5-2-6-17(13,14)15/h3-4,7-8H,2,5-6H2,1H3,(H,13,14,15)/p-1. The van der Waals surface area contributed by atoms with Crippen LogP contribution in [0, 0.1) is 6.92 Å². The predicted octanol–water partition coefficient (Wildman–Crippen LogP) is 1.12. The molecule has 0 saturated carbocycles. The summed E-state index contributed by atoms with van der Waals surface area (Å²) in [6, 6.07) is 4.93. The summed E-state index contributed by atoms with van der Waals surface area (Å²) in [6.07, 6.45) is 0.890. The van der Waals surface area contributed by atoms with E-state index < -0.39 is 15.9 Å². The molecular weight excluding hydrogens is 244 g/mol. The lowest BCUT2D eigenvalue weighted by molar-refractivity contribution is 0.112. The summed E-state index contributed by atoms with van der Waals surface area (Å²) >= 11 is 0. The second-order valence-electron chi connectivity index (χ2n) is 3.61. The van der Waals surface area contributed by atoms with Crippen LogP contribution in [-0.4, -0.2) is 31.6 Å². The van der Waals surface area contributed by atoms with Gasteiger partial charge in [-0.05, 0) is 37.1 Å². The van der Waals surface area contributed by atoms with Crippen LogP contribution in [0.1, 0.15) is 22.3 Å². The third-order valence-electron chi connectivity index (χ3n) is 2.13. The van der Waals surface area contributed by atoms with Gasteiger partial charge in [-0.25, -0.2) is 8.42 Å². The fraction of sp³-hybridized carbons (Fsp3) is 0.364. The molecule has 0 aliphatic heterocycles. The Morgan fingerprint density at radius 3 is 2.65 bits per heavy atom. The van der Waals surface area contributed by atoms with Crippen LogP contribution in [-0.2, 0) is 10.1 Å². The molecule has 0 amide bonds. The molecule has 1 aromatic rings. The van der Waals surface area contributed by atoms with Gasteiger partial charge in [-0.2, -0.15) is 0 Å². The summed E-state index contributed by atoms with van der Waals surface area (Å²) in [5, 5.41) is 0. The first-order valence-electron chi connectivity index (χ1n) is 5.04. The molecule has 6 heteroatoms. The van der Waals surface area contributed by atoms with Crippen molar-refractivity contribution in [2.24, 2.45) is 0 Å². The SMILES string of the molecule is Cc1cc(C=O)ccc1OCCCS(=O)(=O)[O-]. The molecule has 0 aliphatic carbocycles. The van der Waals surface area contributed by atoms with Gasteiger partial charge in [0, 0.05) is 11.3 Å². The highest BCUT2D eigenvalue weighted by atomic mass is 32.2. The molecule has 0 aliphatic rings. The maximum absolute atomic E-state index is 10.5. The van der Waals surface area contributed by atoms with E-state index in [-0.39, 0.29) is 13.0 Å². The molecule has 0 saturated heterocycles. The number of hydrogen-bond donors (Lipinski definition) is 0. The monoisotopic (exact) mass is 257 g/mol. The maximum atomic E-state index is 10.5. The van der Waals surface area contributed by atoms with Crippen LogP contribution in [0.15, 0.2) is 18.2 Å². The Balaban J connectivity index is 2.50. The molecule has 0 unspecified atom stereocenters. The highest BCUT2D eigenvalue weighted by molar-refractivity contribution is 7.85. The van der Waals surface area contributed by atoms with E-state index in [2.05, 4.69) is 0 Å². The van der Waals surface area contributed by atoms with Gasteiger partial charge in [-0.1, -0.05) is 0 Å². The molecule has 0 aromatic heterocycles. The summed E-state index contributed by atoms with van der Waals surface area (Å²) in [5.41, 5.74) is 1.34. The highest BCUT2D eigenvalue weighted by Gasteiger charge is 2.01. The molecule has 94 valence electrons. The van der Waals surface area contributed by atoms with Crippen molar-refractivity contribution in [3.8, 4) is 5.75 Å². The highest BCUT2D eigenvalue weighted by Crippen LogP contribution is 2.18. The first-order valence-corrected chi connectivity index (χ1v) is 6.62. The van der Waals surface area contributed by atoms with E-state index >= 15 is 0 Å². The number of carbonyl (C=O) groups is 1. The molecule has 0 heterocycles. The van der Waals surface area contributed by atoms with E-state index in [0.717, 1.165) is 11.8 Å². The molecule has 1 aromatic carbocycles. The van der Waals surface area contributed by atoms with Crippen molar-refractivity contribution < 1.29 is 22.5 Å². The van der Waals surface area contributed by atoms with Crippen molar-refractivity contribution in [1.29, 1.82) is 0 Å². The number of carbonyl (C=O) groups excluding carboxylic acids is 1. The van der Waals surface area contributed by atoms with E-state index in [1.807, 2.05) is 0 Å². The second kappa shape index (κ2) is 5.79. The third kappa shape index (κ3) is 4.97. The summed E-state index contributed by atoms with van der Waals surface area (Å²) in [6.45, 7) is 1.94. The number of hydrogen-bond acceptors (Lipinski definition) is 5. The van der Waals surface area contributed by atoms with E-state index in [1.54, 1.807) is 25.1 Å². The first-order chi connectivity index (χ1) is 7.92. The molecule has 17 heavy (non-hydrogen) atoms. The molecular formula is C11H13O5S-. The number of benzene rings is 1. The lowest BCUT2D eigenvalue weighted by atomic mass is 10.1. The smallest absolute Gasteiger partial charge is 0.150 e. The molecule has 0 radical (unpaired) electrons. The molecule has 0 fully saturated rings. The molecule has 0 N–H and O–H groups in total. The van der Waals surface area contributed by atoms with E-state index in [1.165, 1.54) is 0 Å². The van der Waals surface area contributed by atoms with Gasteiger partial charge in [0.05, 0.1) is 16.7 Å². The summed E-state index contributed by atoms with van der Waals surface area (Å²) in [7, 11) is -4.18. The molecule has 0 atom stereocenters. The summed E-state index contributed by atoms with van der Waals surface area (Å²) < 4.78 is 36.3. The Morgan fingerprint density at radius 2 is 2.12 bits per heavy atom. The zero-order valence-corrected chi connectivity index (χ0v) is 10.2. The van der Waals surface area contributed by atoms with Gasteiger partial charge in [0.2, 0.25) is 0 Å². The molecule has 5 nitrogen and oxygen atoms in total. The van der Waals surface area contributed by atoms with E-state index in [9.17, 15) is 17.8 Å². The fourth-order valence-electron chi connectivity index (χ4n) is 1.33. The largest absolute Gasteiger partial charge is 0.748 e. The zero-order valence-electron chi connectivity index (χ0n) is 9.38. The van der Waals surface area contributed by atoms with Gasteiger partial charge in [-0.15, -0.1) is 0 Å². The average Bonchev–Trinajstić information content (AvgIpc) is 2.24. The van der Waals surface area contributed by atoms with Gasteiger partial charge in [0.25, 0.3) is 0 Å². The lowest BCUT2D eigenvalue weighted by Gasteiger charge is -2.10. The number of aryl methyl sites for hydroxylation is 1. The van der Waals surface area contributed by atoms with Crippen molar-refractivity contribution in [2.75, 3.05) is 12.4 Å². The number of rotatable bonds is 6. The van der Waals surface area contributed by atoms with Gasteiger partial charge in [0.15, 0.2) is 0 Å². The van der Waals surface area contributed by atoms with Crippen LogP contribution in [0.25, 0.3) is 0 Å². The third-order valence-corrected chi connectivity index (χ3v) is 2.92. The van der Waals surface area contributed by atoms with Crippen LogP contribution < -0.4 is 4.74 Å². The second-order valence-corrected chi connectivity index (χ2v) is 5.13. The van der Waals surface area contributed by atoms with Crippen LogP contribution in [0.5, 0.6) is 5.75 Å². The van der Waals surface area contributed by atoms with E-state index in [0.29, 0.717) is 11.3 Å². The van der Waals surface area contributed by atoms with Gasteiger partial charge in [-0.3, -0.25) is 4.79 Å². The van der Waals surface area contributed by atoms with Crippen molar-refractivity contribution in [1.82, 2.24) is 0 Å². The van der Waals surface area contributed by atoms with Crippen LogP contribution >= 0.6 is 0 Å². The van der Waals surface area contributed by atoms with Gasteiger partial charge in [0.1, 0.15) is 12.0 Å². The minimum Gasteiger partial charge on any atom is -0.748 e. The Kier molecular flexibility index (Phi) is 4.65. The predicted molar refractivity (Wildman–Crippen MR) is 61.2 cm³/mol. The Hall–Kier alpha value is -1.40. The average molecular weight is 257 g/mol. The summed E-state index contributed by atoms with van der Waals surface area (Å²) in [4.78, 5) is 10.5. The number of ether oxygens (including phenoxy) is 1. The van der Waals surface area contributed by atoms with Gasteiger partial charge < -0.3 is 9.29 Å². The van der Waals surface area contributed by atoms with Crippen LogP contribution in [0.4, 0.5) is 0 Å². The quantitative estimate of drug-likeness (QED) is 0.433. The van der Waals surface area contributed by atoms with Crippen molar-refractivity contribution >= 4 is 16.4 Å². The fourth-order valence-corrected chi connectivity index (χ4v) is 1.80. The maximum Gasteiger partial charge on any atom is 0.150 e. The summed E-state index contributed by atoms with van der Waals surface area (Å²) in [5.74, 6) is 0.150. The van der Waals surface area contributed by atoms with Crippen LogP contribution in [0.3, 0.4) is 0 Å². The topological polar surface area (TPSA) is 83.5 Å². The minimum atomic E-state index is -4.18. The lowest BCUT2D eigenvalue weighted by Crippen LogP contribution is -2.09. The van der Waals surface area contributed by atoms with Crippen molar-refractivity contribution in [2.45, 2.75) is 13.3 Å². The van der Waals surface area contributed by atoms with Crippen molar-refractivity contribution in [3.05, 3.63) is 29.3 Å². The zero-order chi connectivity index (χ0) is 12.9. The Bertz CT molecular complexity index is 493. The van der Waals surface area contributed by atoms with Crippen LogP contribution in [0.2, 0.25) is 0 Å². The minimum absolute atomic E-state index is 0.153. The molecule has 0 bridgehead atoms. The van der Waals surface area contributed by atoms with E-state index in [4.69, 9.17) is 4.74 Å². The Morgan fingerprint density at radius 1 is 1.41 bits per heavy atom. The van der Waals surface area contributed by atoms with Gasteiger partial charge >= 0.3 is 0 Å². The normalized spacial score (nSPS) is 11.2. The molecule has 1 rings (SSSR count). The Labute approximate surface area is 100 Å². The molecule has 0 spiro atoms.